The lowest BCUT2D eigenvalue weighted by Gasteiger charge is -2.22. The van der Waals surface area contributed by atoms with Crippen LogP contribution in [0.4, 0.5) is 11.4 Å². The highest BCUT2D eigenvalue weighted by Crippen LogP contribution is 2.17. The molecule has 0 saturated heterocycles. The van der Waals surface area contributed by atoms with Crippen molar-refractivity contribution in [2.75, 3.05) is 30.7 Å². The van der Waals surface area contributed by atoms with Crippen LogP contribution < -0.4 is 11.1 Å². The van der Waals surface area contributed by atoms with Gasteiger partial charge in [0.1, 0.15) is 0 Å². The monoisotopic (exact) mass is 277 g/mol. The lowest BCUT2D eigenvalue weighted by Crippen LogP contribution is -2.31. The van der Waals surface area contributed by atoms with Gasteiger partial charge in [0.2, 0.25) is 5.91 Å². The van der Waals surface area contributed by atoms with E-state index >= 15 is 0 Å². The van der Waals surface area contributed by atoms with Crippen LogP contribution in [0, 0.1) is 12.8 Å². The molecule has 3 N–H and O–H groups in total. The fraction of sp³-hybridized carbons (Fsp3) is 0.562. The molecular weight excluding hydrogens is 250 g/mol. The van der Waals surface area contributed by atoms with Crippen LogP contribution in [-0.4, -0.2) is 30.4 Å². The van der Waals surface area contributed by atoms with E-state index in [-0.39, 0.29) is 5.91 Å². The summed E-state index contributed by atoms with van der Waals surface area (Å²) in [7, 11) is 0. The van der Waals surface area contributed by atoms with Gasteiger partial charge in [-0.3, -0.25) is 4.79 Å². The maximum absolute atomic E-state index is 12.0. The summed E-state index contributed by atoms with van der Waals surface area (Å²) in [5, 5.41) is 2.95. The minimum Gasteiger partial charge on any atom is -0.399 e. The molecule has 1 aromatic carbocycles. The molecule has 20 heavy (non-hydrogen) atoms. The molecule has 1 aromatic rings. The average molecular weight is 277 g/mol. The summed E-state index contributed by atoms with van der Waals surface area (Å²) in [5.41, 5.74) is 8.26. The van der Waals surface area contributed by atoms with Gasteiger partial charge in [-0.05, 0) is 43.1 Å². The van der Waals surface area contributed by atoms with E-state index < -0.39 is 0 Å². The van der Waals surface area contributed by atoms with E-state index in [0.717, 1.165) is 36.6 Å². The predicted octanol–water partition coefficient (Wildman–Crippen LogP) is 2.88. The van der Waals surface area contributed by atoms with E-state index in [4.69, 9.17) is 5.73 Å². The number of nitrogen functional groups attached to an aromatic ring is 1. The molecule has 112 valence electrons. The molecule has 0 spiro atoms. The predicted molar refractivity (Wildman–Crippen MR) is 85.8 cm³/mol. The second-order valence-electron chi connectivity index (χ2n) is 5.66. The first-order chi connectivity index (χ1) is 9.42. The van der Waals surface area contributed by atoms with E-state index in [1.807, 2.05) is 19.1 Å². The molecule has 0 aromatic heterocycles. The molecule has 0 aliphatic rings. The number of anilines is 2. The molecule has 4 nitrogen and oxygen atoms in total. The summed E-state index contributed by atoms with van der Waals surface area (Å²) < 4.78 is 0. The molecule has 0 saturated carbocycles. The van der Waals surface area contributed by atoms with Crippen LogP contribution in [0.25, 0.3) is 0 Å². The lowest BCUT2D eigenvalue weighted by molar-refractivity contribution is -0.116. The van der Waals surface area contributed by atoms with Crippen molar-refractivity contribution in [3.63, 3.8) is 0 Å². The van der Waals surface area contributed by atoms with Crippen molar-refractivity contribution >= 4 is 17.3 Å². The number of benzene rings is 1. The summed E-state index contributed by atoms with van der Waals surface area (Å²) in [6, 6.07) is 5.53. The second kappa shape index (κ2) is 7.90. The van der Waals surface area contributed by atoms with Crippen LogP contribution in [0.1, 0.15) is 32.8 Å². The third-order valence-corrected chi connectivity index (χ3v) is 3.25. The number of amides is 1. The maximum Gasteiger partial charge on any atom is 0.225 e. The molecule has 0 unspecified atom stereocenters. The Morgan fingerprint density at radius 1 is 1.40 bits per heavy atom. The zero-order valence-electron chi connectivity index (χ0n) is 13.1. The topological polar surface area (TPSA) is 58.4 Å². The average Bonchev–Trinajstić information content (AvgIpc) is 2.37. The van der Waals surface area contributed by atoms with Crippen LogP contribution in [0.3, 0.4) is 0 Å². The fourth-order valence-corrected chi connectivity index (χ4v) is 2.19. The van der Waals surface area contributed by atoms with E-state index in [2.05, 4.69) is 31.0 Å². The Bertz CT molecular complexity index is 443. The van der Waals surface area contributed by atoms with Gasteiger partial charge in [0.25, 0.3) is 0 Å². The highest BCUT2D eigenvalue weighted by molar-refractivity contribution is 5.91. The third-order valence-electron chi connectivity index (χ3n) is 3.25. The van der Waals surface area contributed by atoms with Crippen molar-refractivity contribution in [3.8, 4) is 0 Å². The van der Waals surface area contributed by atoms with E-state index in [1.54, 1.807) is 6.07 Å². The first-order valence-corrected chi connectivity index (χ1v) is 7.30. The Morgan fingerprint density at radius 3 is 2.65 bits per heavy atom. The molecular formula is C16H27N3O. The summed E-state index contributed by atoms with van der Waals surface area (Å²) >= 11 is 0. The number of hydrogen-bond donors (Lipinski definition) is 2. The fourth-order valence-electron chi connectivity index (χ4n) is 2.19. The van der Waals surface area contributed by atoms with Crippen molar-refractivity contribution in [1.82, 2.24) is 4.90 Å². The van der Waals surface area contributed by atoms with Crippen molar-refractivity contribution < 1.29 is 4.79 Å². The molecule has 0 aliphatic carbocycles. The second-order valence-corrected chi connectivity index (χ2v) is 5.66. The maximum atomic E-state index is 12.0. The number of hydrogen-bond acceptors (Lipinski definition) is 3. The molecule has 0 aliphatic heterocycles. The van der Waals surface area contributed by atoms with Gasteiger partial charge in [0.15, 0.2) is 0 Å². The molecule has 0 atom stereocenters. The number of nitrogens with one attached hydrogen (secondary N) is 1. The SMILES string of the molecule is CCN(CCC(=O)Nc1ccc(N)cc1C)CC(C)C. The van der Waals surface area contributed by atoms with Crippen molar-refractivity contribution in [3.05, 3.63) is 23.8 Å². The van der Waals surface area contributed by atoms with Crippen molar-refractivity contribution in [1.29, 1.82) is 0 Å². The molecule has 4 heteroatoms. The number of aryl methyl sites for hydroxylation is 1. The van der Waals surface area contributed by atoms with Gasteiger partial charge >= 0.3 is 0 Å². The Morgan fingerprint density at radius 2 is 2.10 bits per heavy atom. The Hall–Kier alpha value is -1.55. The number of carbonyl (C=O) groups excluding carboxylic acids is 1. The quantitative estimate of drug-likeness (QED) is 0.753. The Balaban J connectivity index is 2.47. The van der Waals surface area contributed by atoms with Gasteiger partial charge in [-0.2, -0.15) is 0 Å². The van der Waals surface area contributed by atoms with E-state index in [9.17, 15) is 4.79 Å². The van der Waals surface area contributed by atoms with Crippen LogP contribution >= 0.6 is 0 Å². The van der Waals surface area contributed by atoms with Gasteiger partial charge in [-0.1, -0.05) is 20.8 Å². The van der Waals surface area contributed by atoms with Crippen LogP contribution in [0.5, 0.6) is 0 Å². The summed E-state index contributed by atoms with van der Waals surface area (Å²) in [6.07, 6.45) is 0.518. The van der Waals surface area contributed by atoms with E-state index in [0.29, 0.717) is 12.3 Å². The van der Waals surface area contributed by atoms with E-state index in [1.165, 1.54) is 0 Å². The Labute approximate surface area is 122 Å². The molecule has 1 amide bonds. The minimum atomic E-state index is 0.0556. The number of nitrogens with two attached hydrogens (primary N) is 1. The number of rotatable bonds is 7. The first-order valence-electron chi connectivity index (χ1n) is 7.30. The minimum absolute atomic E-state index is 0.0556. The zero-order valence-corrected chi connectivity index (χ0v) is 13.1. The highest BCUT2D eigenvalue weighted by atomic mass is 16.1. The van der Waals surface area contributed by atoms with Gasteiger partial charge < -0.3 is 16.0 Å². The summed E-state index contributed by atoms with van der Waals surface area (Å²) in [4.78, 5) is 14.3. The van der Waals surface area contributed by atoms with Gasteiger partial charge in [-0.15, -0.1) is 0 Å². The van der Waals surface area contributed by atoms with Crippen molar-refractivity contribution in [2.24, 2.45) is 5.92 Å². The molecule has 1 rings (SSSR count). The molecule has 0 fully saturated rings. The standard InChI is InChI=1S/C16H27N3O/c1-5-19(11-12(2)3)9-8-16(20)18-15-7-6-14(17)10-13(15)4/h6-7,10,12H,5,8-9,11,17H2,1-4H3,(H,18,20). The van der Waals surface area contributed by atoms with Crippen molar-refractivity contribution in [2.45, 2.75) is 34.1 Å². The third kappa shape index (κ3) is 5.61. The summed E-state index contributed by atoms with van der Waals surface area (Å²) in [5.74, 6) is 0.678. The summed E-state index contributed by atoms with van der Waals surface area (Å²) in [6.45, 7) is 11.3. The van der Waals surface area contributed by atoms with Gasteiger partial charge in [-0.25, -0.2) is 0 Å². The normalized spacial score (nSPS) is 11.1. The molecule has 0 bridgehead atoms. The van der Waals surface area contributed by atoms with Gasteiger partial charge in [0, 0.05) is 30.9 Å². The van der Waals surface area contributed by atoms with Crippen LogP contribution in [0.15, 0.2) is 18.2 Å². The largest absolute Gasteiger partial charge is 0.399 e. The lowest BCUT2D eigenvalue weighted by atomic mass is 10.1. The van der Waals surface area contributed by atoms with Gasteiger partial charge in [0.05, 0.1) is 0 Å². The first kappa shape index (κ1) is 16.5. The Kier molecular flexibility index (Phi) is 6.52. The molecule has 0 heterocycles. The smallest absolute Gasteiger partial charge is 0.225 e. The number of nitrogens with zero attached hydrogens (tertiary/aromatic N) is 1. The highest BCUT2D eigenvalue weighted by Gasteiger charge is 2.09. The molecule has 0 radical (unpaired) electrons. The van der Waals surface area contributed by atoms with Crippen LogP contribution in [-0.2, 0) is 4.79 Å². The van der Waals surface area contributed by atoms with Crippen LogP contribution in [0.2, 0.25) is 0 Å². The zero-order chi connectivity index (χ0) is 15.1. The number of carbonyl (C=O) groups is 1.